The van der Waals surface area contributed by atoms with Gasteiger partial charge in [0.2, 0.25) is 0 Å². The zero-order valence-electron chi connectivity index (χ0n) is 16.5. The Morgan fingerprint density at radius 2 is 1.80 bits per heavy atom. The molecule has 1 N–H and O–H groups in total. The molecule has 3 aromatic rings. The SMILES string of the molecule is Clc1ccc(C2Nc3ccc(OCCc4ccccc4)cc3C3C=CCC32)c(Cl)c1. The summed E-state index contributed by atoms with van der Waals surface area (Å²) in [4.78, 5) is 0. The quantitative estimate of drug-likeness (QED) is 0.420. The minimum atomic E-state index is 0.159. The molecule has 1 heterocycles. The highest BCUT2D eigenvalue weighted by molar-refractivity contribution is 6.35. The number of hydrogen-bond acceptors (Lipinski definition) is 2. The molecule has 152 valence electrons. The predicted molar refractivity (Wildman–Crippen MR) is 125 cm³/mol. The number of ether oxygens (including phenoxy) is 1. The molecular formula is C26H23Cl2NO. The van der Waals surface area contributed by atoms with Crippen molar-refractivity contribution in [3.05, 3.63) is 106 Å². The maximum atomic E-state index is 6.55. The summed E-state index contributed by atoms with van der Waals surface area (Å²) >= 11 is 12.7. The molecule has 0 saturated heterocycles. The van der Waals surface area contributed by atoms with Crippen LogP contribution in [0.3, 0.4) is 0 Å². The van der Waals surface area contributed by atoms with Crippen molar-refractivity contribution >= 4 is 28.9 Å². The fourth-order valence-corrected chi connectivity index (χ4v) is 5.18. The third kappa shape index (κ3) is 3.82. The van der Waals surface area contributed by atoms with Crippen molar-refractivity contribution in [2.75, 3.05) is 11.9 Å². The van der Waals surface area contributed by atoms with E-state index in [9.17, 15) is 0 Å². The van der Waals surface area contributed by atoms with Gasteiger partial charge < -0.3 is 10.1 Å². The third-order valence-electron chi connectivity index (χ3n) is 6.13. The van der Waals surface area contributed by atoms with E-state index in [0.29, 0.717) is 23.5 Å². The molecule has 3 aromatic carbocycles. The molecule has 2 nitrogen and oxygen atoms in total. The highest BCUT2D eigenvalue weighted by Gasteiger charge is 2.38. The fraction of sp³-hybridized carbons (Fsp3) is 0.231. The van der Waals surface area contributed by atoms with Crippen molar-refractivity contribution in [2.24, 2.45) is 5.92 Å². The summed E-state index contributed by atoms with van der Waals surface area (Å²) < 4.78 is 6.08. The lowest BCUT2D eigenvalue weighted by Gasteiger charge is -2.38. The predicted octanol–water partition coefficient (Wildman–Crippen LogP) is 7.44. The first-order chi connectivity index (χ1) is 14.7. The topological polar surface area (TPSA) is 21.3 Å². The second-order valence-electron chi connectivity index (χ2n) is 7.97. The number of nitrogens with one attached hydrogen (secondary N) is 1. The zero-order valence-corrected chi connectivity index (χ0v) is 18.0. The van der Waals surface area contributed by atoms with E-state index in [2.05, 4.69) is 59.9 Å². The Morgan fingerprint density at radius 1 is 0.933 bits per heavy atom. The van der Waals surface area contributed by atoms with Crippen molar-refractivity contribution in [1.29, 1.82) is 0 Å². The first kappa shape index (κ1) is 19.5. The highest BCUT2D eigenvalue weighted by Crippen LogP contribution is 2.51. The van der Waals surface area contributed by atoms with E-state index in [1.165, 1.54) is 11.1 Å². The van der Waals surface area contributed by atoms with Gasteiger partial charge in [0.25, 0.3) is 0 Å². The van der Waals surface area contributed by atoms with Crippen LogP contribution in [0.4, 0.5) is 5.69 Å². The van der Waals surface area contributed by atoms with Crippen LogP contribution < -0.4 is 10.1 Å². The van der Waals surface area contributed by atoms with Crippen LogP contribution >= 0.6 is 23.2 Å². The first-order valence-electron chi connectivity index (χ1n) is 10.4. The maximum absolute atomic E-state index is 6.55. The largest absolute Gasteiger partial charge is 0.493 e. The Balaban J connectivity index is 1.37. The summed E-state index contributed by atoms with van der Waals surface area (Å²) in [6.45, 7) is 0.670. The van der Waals surface area contributed by atoms with Gasteiger partial charge in [0, 0.05) is 28.1 Å². The molecule has 2 aliphatic rings. The van der Waals surface area contributed by atoms with Crippen molar-refractivity contribution in [1.82, 2.24) is 0 Å². The average Bonchev–Trinajstić information content (AvgIpc) is 3.25. The van der Waals surface area contributed by atoms with Gasteiger partial charge in [-0.2, -0.15) is 0 Å². The third-order valence-corrected chi connectivity index (χ3v) is 6.70. The van der Waals surface area contributed by atoms with Crippen molar-refractivity contribution in [3.63, 3.8) is 0 Å². The van der Waals surface area contributed by atoms with Crippen molar-refractivity contribution < 1.29 is 4.74 Å². The highest BCUT2D eigenvalue weighted by atomic mass is 35.5. The van der Waals surface area contributed by atoms with Gasteiger partial charge in [-0.05, 0) is 59.4 Å². The molecule has 0 spiro atoms. The molecule has 0 amide bonds. The molecule has 3 unspecified atom stereocenters. The minimum absolute atomic E-state index is 0.159. The normalized spacial score (nSPS) is 21.6. The van der Waals surface area contributed by atoms with Crippen LogP contribution in [0.25, 0.3) is 0 Å². The van der Waals surface area contributed by atoms with Gasteiger partial charge in [0.15, 0.2) is 0 Å². The molecule has 4 heteroatoms. The van der Waals surface area contributed by atoms with Crippen LogP contribution in [0.5, 0.6) is 5.75 Å². The molecule has 5 rings (SSSR count). The number of halogens is 2. The van der Waals surface area contributed by atoms with Crippen molar-refractivity contribution in [2.45, 2.75) is 24.8 Å². The van der Waals surface area contributed by atoms with Crippen LogP contribution in [0.1, 0.15) is 35.1 Å². The smallest absolute Gasteiger partial charge is 0.119 e. The van der Waals surface area contributed by atoms with E-state index in [1.54, 1.807) is 0 Å². The summed E-state index contributed by atoms with van der Waals surface area (Å²) in [6, 6.07) is 22.8. The van der Waals surface area contributed by atoms with Crippen LogP contribution in [-0.4, -0.2) is 6.61 Å². The maximum Gasteiger partial charge on any atom is 0.119 e. The van der Waals surface area contributed by atoms with Gasteiger partial charge in [-0.1, -0.05) is 71.8 Å². The van der Waals surface area contributed by atoms with E-state index in [4.69, 9.17) is 27.9 Å². The number of benzene rings is 3. The number of fused-ring (bicyclic) bond motifs is 3. The summed E-state index contributed by atoms with van der Waals surface area (Å²) in [7, 11) is 0. The lowest BCUT2D eigenvalue weighted by Crippen LogP contribution is -2.29. The second kappa shape index (κ2) is 8.37. The van der Waals surface area contributed by atoms with Crippen LogP contribution in [0.15, 0.2) is 78.9 Å². The van der Waals surface area contributed by atoms with Gasteiger partial charge in [-0.15, -0.1) is 0 Å². The van der Waals surface area contributed by atoms with E-state index in [-0.39, 0.29) is 6.04 Å². The molecule has 0 fully saturated rings. The Labute approximate surface area is 187 Å². The Kier molecular flexibility index (Phi) is 5.45. The lowest BCUT2D eigenvalue weighted by atomic mass is 9.77. The van der Waals surface area contributed by atoms with Crippen LogP contribution in [-0.2, 0) is 6.42 Å². The Morgan fingerprint density at radius 3 is 2.63 bits per heavy atom. The van der Waals surface area contributed by atoms with Gasteiger partial charge >= 0.3 is 0 Å². The molecule has 0 saturated carbocycles. The van der Waals surface area contributed by atoms with Crippen LogP contribution in [0.2, 0.25) is 10.0 Å². The summed E-state index contributed by atoms with van der Waals surface area (Å²) in [5, 5.41) is 5.11. The molecule has 30 heavy (non-hydrogen) atoms. The average molecular weight is 436 g/mol. The molecule has 3 atom stereocenters. The monoisotopic (exact) mass is 435 g/mol. The lowest BCUT2D eigenvalue weighted by molar-refractivity contribution is 0.320. The number of rotatable bonds is 5. The number of allylic oxidation sites excluding steroid dienone is 2. The summed E-state index contributed by atoms with van der Waals surface area (Å²) in [5.74, 6) is 1.71. The Hall–Kier alpha value is -2.42. The van der Waals surface area contributed by atoms with E-state index in [0.717, 1.165) is 34.9 Å². The zero-order chi connectivity index (χ0) is 20.5. The van der Waals surface area contributed by atoms with Crippen LogP contribution in [0, 0.1) is 5.92 Å². The Bertz CT molecular complexity index is 1080. The number of anilines is 1. The van der Waals surface area contributed by atoms with Gasteiger partial charge in [-0.3, -0.25) is 0 Å². The molecule has 0 aromatic heterocycles. The van der Waals surface area contributed by atoms with E-state index < -0.39 is 0 Å². The molecule has 0 bridgehead atoms. The van der Waals surface area contributed by atoms with Gasteiger partial charge in [0.1, 0.15) is 5.75 Å². The summed E-state index contributed by atoms with van der Waals surface area (Å²) in [6.07, 6.45) is 6.54. The second-order valence-corrected chi connectivity index (χ2v) is 8.82. The van der Waals surface area contributed by atoms with Gasteiger partial charge in [0.05, 0.1) is 12.6 Å². The minimum Gasteiger partial charge on any atom is -0.493 e. The molecule has 1 aliphatic heterocycles. The van der Waals surface area contributed by atoms with Crippen molar-refractivity contribution in [3.8, 4) is 5.75 Å². The van der Waals surface area contributed by atoms with E-state index >= 15 is 0 Å². The molecule has 1 aliphatic carbocycles. The fourth-order valence-electron chi connectivity index (χ4n) is 4.66. The summed E-state index contributed by atoms with van der Waals surface area (Å²) in [5.41, 5.74) is 4.84. The molecule has 0 radical (unpaired) electrons. The van der Waals surface area contributed by atoms with Gasteiger partial charge in [-0.25, -0.2) is 0 Å². The standard InChI is InChI=1S/C26H23Cl2NO/c27-18-9-11-22(24(28)15-18)26-21-8-4-7-20(21)23-16-19(10-12-25(23)29-26)30-14-13-17-5-2-1-3-6-17/h1-7,9-12,15-16,20-21,26,29H,8,13-14H2. The van der Waals surface area contributed by atoms with E-state index in [1.807, 2.05) is 24.3 Å². The first-order valence-corrected chi connectivity index (χ1v) is 11.1. The molecular weight excluding hydrogens is 413 g/mol. The number of hydrogen-bond donors (Lipinski definition) is 1.